The van der Waals surface area contributed by atoms with Crippen molar-refractivity contribution in [2.45, 2.75) is 63.1 Å². The quantitative estimate of drug-likeness (QED) is 0.263. The molecule has 2 aromatic heterocycles. The molecule has 1 unspecified atom stereocenters. The zero-order chi connectivity index (χ0) is 28.8. The Kier molecular flexibility index (Phi) is 7.27. The molecule has 1 saturated carbocycles. The van der Waals surface area contributed by atoms with E-state index in [9.17, 15) is 13.6 Å². The first kappa shape index (κ1) is 27.2. The smallest absolute Gasteiger partial charge is 0.308 e. The number of hydrogen-bond acceptors (Lipinski definition) is 7. The Morgan fingerprint density at radius 2 is 1.86 bits per heavy atom. The molecule has 3 aliphatic rings. The molecule has 1 atom stereocenters. The molecule has 0 spiro atoms. The normalized spacial score (nSPS) is 23.2. The average Bonchev–Trinajstić information content (AvgIpc) is 3.42. The maximum atomic E-state index is 14.6. The lowest BCUT2D eigenvalue weighted by Crippen LogP contribution is -2.40. The number of nitrogens with one attached hydrogen (secondary N) is 1. The number of rotatable bonds is 6. The lowest BCUT2D eigenvalue weighted by Gasteiger charge is -2.35. The highest BCUT2D eigenvalue weighted by atomic mass is 19.2. The molecule has 220 valence electrons. The van der Waals surface area contributed by atoms with Crippen LogP contribution < -0.4 is 5.32 Å². The number of aromatic nitrogens is 3. The first-order valence-corrected chi connectivity index (χ1v) is 14.8. The van der Waals surface area contributed by atoms with Gasteiger partial charge in [0.2, 0.25) is 0 Å². The number of ether oxygens (including phenoxy) is 3. The molecule has 42 heavy (non-hydrogen) atoms. The van der Waals surface area contributed by atoms with Crippen LogP contribution in [0.25, 0.3) is 32.8 Å². The van der Waals surface area contributed by atoms with E-state index >= 15 is 0 Å². The van der Waals surface area contributed by atoms with Gasteiger partial charge in [0.25, 0.3) is 0 Å². The number of hydrogen-bond donors (Lipinski definition) is 1. The predicted octanol–water partition coefficient (Wildman–Crippen LogP) is 6.49. The molecule has 8 nitrogen and oxygen atoms in total. The van der Waals surface area contributed by atoms with Crippen LogP contribution in [0.15, 0.2) is 36.5 Å². The summed E-state index contributed by atoms with van der Waals surface area (Å²) in [6, 6.07) is 8.29. The largest absolute Gasteiger partial charge is 0.469 e. The highest BCUT2D eigenvalue weighted by Crippen LogP contribution is 2.44. The molecular formula is C32H34F2N4O4. The maximum absolute atomic E-state index is 14.6. The summed E-state index contributed by atoms with van der Waals surface area (Å²) in [6.07, 6.45) is 7.57. The molecule has 1 aliphatic carbocycles. The van der Waals surface area contributed by atoms with Crippen molar-refractivity contribution in [1.29, 1.82) is 0 Å². The van der Waals surface area contributed by atoms with E-state index in [1.165, 1.54) is 19.2 Å². The van der Waals surface area contributed by atoms with E-state index in [2.05, 4.69) is 17.4 Å². The van der Waals surface area contributed by atoms with Crippen LogP contribution in [-0.4, -0.2) is 53.7 Å². The Morgan fingerprint density at radius 3 is 2.60 bits per heavy atom. The van der Waals surface area contributed by atoms with Crippen molar-refractivity contribution in [3.05, 3.63) is 53.9 Å². The topological polar surface area (TPSA) is 87.5 Å². The third kappa shape index (κ3) is 4.90. The highest BCUT2D eigenvalue weighted by molar-refractivity contribution is 6.09. The minimum atomic E-state index is -0.896. The fraction of sp³-hybridized carbons (Fsp3) is 0.469. The minimum absolute atomic E-state index is 0.0590. The number of anilines is 1. The predicted molar refractivity (Wildman–Crippen MR) is 154 cm³/mol. The summed E-state index contributed by atoms with van der Waals surface area (Å²) in [5, 5.41) is 11.0. The van der Waals surface area contributed by atoms with Gasteiger partial charge in [-0.2, -0.15) is 5.10 Å². The second kappa shape index (κ2) is 11.2. The van der Waals surface area contributed by atoms with E-state index in [-0.39, 0.29) is 30.1 Å². The lowest BCUT2D eigenvalue weighted by molar-refractivity contribution is -0.148. The molecule has 2 aromatic carbocycles. The Morgan fingerprint density at radius 1 is 1.02 bits per heavy atom. The second-order valence-electron chi connectivity index (χ2n) is 11.6. The van der Waals surface area contributed by atoms with E-state index in [0.717, 1.165) is 65.0 Å². The zero-order valence-electron chi connectivity index (χ0n) is 23.6. The van der Waals surface area contributed by atoms with Crippen molar-refractivity contribution in [1.82, 2.24) is 14.8 Å². The first-order valence-electron chi connectivity index (χ1n) is 14.8. The number of esters is 1. The Balaban J connectivity index is 1.42. The van der Waals surface area contributed by atoms with Crippen molar-refractivity contribution in [3.63, 3.8) is 0 Å². The molecule has 10 heteroatoms. The molecule has 0 amide bonds. The summed E-state index contributed by atoms with van der Waals surface area (Å²) in [7, 11) is 1.42. The van der Waals surface area contributed by atoms with Crippen molar-refractivity contribution in [2.75, 3.05) is 32.2 Å². The van der Waals surface area contributed by atoms with Crippen LogP contribution in [-0.2, 0) is 19.0 Å². The molecule has 4 heterocycles. The van der Waals surface area contributed by atoms with E-state index in [4.69, 9.17) is 24.3 Å². The summed E-state index contributed by atoms with van der Waals surface area (Å²) in [5.74, 6) is -1.31. The number of carbonyl (C=O) groups excluding carboxylic acids is 1. The van der Waals surface area contributed by atoms with Gasteiger partial charge in [-0.05, 0) is 80.2 Å². The van der Waals surface area contributed by atoms with Gasteiger partial charge in [0.15, 0.2) is 17.9 Å². The zero-order valence-corrected chi connectivity index (χ0v) is 23.6. The van der Waals surface area contributed by atoms with E-state index in [0.29, 0.717) is 44.0 Å². The van der Waals surface area contributed by atoms with Gasteiger partial charge in [0.1, 0.15) is 5.82 Å². The van der Waals surface area contributed by atoms with Gasteiger partial charge in [-0.1, -0.05) is 6.07 Å². The van der Waals surface area contributed by atoms with E-state index in [1.807, 2.05) is 10.9 Å². The number of carbonyl (C=O) groups is 1. The van der Waals surface area contributed by atoms with Gasteiger partial charge < -0.3 is 19.5 Å². The standard InChI is InChI=1S/C32H34F2N4O4/c1-40-32(39)20-12-22(13-20)36-31-24-16-27-21(17-35-38(27)28-4-2-3-9-42-28)14-23(24)29(19-5-6-25(33)26(34)15-19)30(37-31)18-7-10-41-11-8-18/h5-6,14-18,20,22,28H,2-4,7-13H2,1H3,(H,36,37). The molecule has 0 radical (unpaired) electrons. The summed E-state index contributed by atoms with van der Waals surface area (Å²) < 4.78 is 47.3. The molecular weight excluding hydrogens is 542 g/mol. The van der Waals surface area contributed by atoms with Gasteiger partial charge >= 0.3 is 5.97 Å². The van der Waals surface area contributed by atoms with Crippen molar-refractivity contribution < 1.29 is 27.8 Å². The Bertz CT molecular complexity index is 1640. The summed E-state index contributed by atoms with van der Waals surface area (Å²) in [4.78, 5) is 17.3. The maximum Gasteiger partial charge on any atom is 0.308 e. The van der Waals surface area contributed by atoms with Crippen LogP contribution in [0.3, 0.4) is 0 Å². The summed E-state index contributed by atoms with van der Waals surface area (Å²) in [5.41, 5.74) is 3.14. The Hall–Kier alpha value is -3.63. The van der Waals surface area contributed by atoms with Crippen LogP contribution in [0.5, 0.6) is 0 Å². The van der Waals surface area contributed by atoms with Gasteiger partial charge in [-0.3, -0.25) is 4.79 Å². The third-order valence-corrected chi connectivity index (χ3v) is 9.01. The number of pyridine rings is 1. The summed E-state index contributed by atoms with van der Waals surface area (Å²) >= 11 is 0. The number of nitrogens with zero attached hydrogens (tertiary/aromatic N) is 3. The number of fused-ring (bicyclic) bond motifs is 2. The van der Waals surface area contributed by atoms with Gasteiger partial charge in [0, 0.05) is 48.1 Å². The third-order valence-electron chi connectivity index (χ3n) is 9.01. The molecule has 3 fully saturated rings. The van der Waals surface area contributed by atoms with Crippen LogP contribution in [0.1, 0.15) is 62.8 Å². The SMILES string of the molecule is COC(=O)C1CC(Nc2nc(C3CCOCC3)c(-c3ccc(F)c(F)c3)c3cc4cnn(C5CCCCO5)c4cc23)C1. The highest BCUT2D eigenvalue weighted by Gasteiger charge is 2.36. The van der Waals surface area contributed by atoms with Gasteiger partial charge in [-0.15, -0.1) is 0 Å². The molecule has 1 N–H and O–H groups in total. The number of halogens is 2. The Labute approximate surface area is 242 Å². The van der Waals surface area contributed by atoms with Crippen molar-refractivity contribution in [2.24, 2.45) is 5.92 Å². The van der Waals surface area contributed by atoms with Crippen molar-refractivity contribution in [3.8, 4) is 11.1 Å². The molecule has 7 rings (SSSR count). The van der Waals surface area contributed by atoms with Crippen LogP contribution in [0.4, 0.5) is 14.6 Å². The van der Waals surface area contributed by atoms with E-state index in [1.54, 1.807) is 6.07 Å². The molecule has 0 bridgehead atoms. The van der Waals surface area contributed by atoms with Gasteiger partial charge in [0.05, 0.1) is 30.4 Å². The number of benzene rings is 2. The number of methoxy groups -OCH3 is 1. The fourth-order valence-corrected chi connectivity index (χ4v) is 6.64. The minimum Gasteiger partial charge on any atom is -0.469 e. The van der Waals surface area contributed by atoms with E-state index < -0.39 is 11.6 Å². The fourth-order valence-electron chi connectivity index (χ4n) is 6.64. The van der Waals surface area contributed by atoms with Crippen LogP contribution in [0.2, 0.25) is 0 Å². The molecule has 2 aliphatic heterocycles. The van der Waals surface area contributed by atoms with Crippen molar-refractivity contribution >= 4 is 33.5 Å². The monoisotopic (exact) mass is 576 g/mol. The molecule has 4 aromatic rings. The molecule has 2 saturated heterocycles. The first-order chi connectivity index (χ1) is 20.5. The average molecular weight is 577 g/mol. The van der Waals surface area contributed by atoms with Gasteiger partial charge in [-0.25, -0.2) is 18.4 Å². The summed E-state index contributed by atoms with van der Waals surface area (Å²) in [6.45, 7) is 1.92. The lowest BCUT2D eigenvalue weighted by atomic mass is 9.80. The van der Waals surface area contributed by atoms with Crippen LogP contribution >= 0.6 is 0 Å². The van der Waals surface area contributed by atoms with Crippen LogP contribution in [0, 0.1) is 17.6 Å². The second-order valence-corrected chi connectivity index (χ2v) is 11.6.